The number of methoxy groups -OCH3 is 2. The second-order valence-corrected chi connectivity index (χ2v) is 4.87. The van der Waals surface area contributed by atoms with Crippen LogP contribution in [0.25, 0.3) is 0 Å². The summed E-state index contributed by atoms with van der Waals surface area (Å²) < 4.78 is 10.2. The lowest BCUT2D eigenvalue weighted by Gasteiger charge is -2.11. The normalized spacial score (nSPS) is 9.87. The highest BCUT2D eigenvalue weighted by Gasteiger charge is 2.16. The van der Waals surface area contributed by atoms with Crippen molar-refractivity contribution < 1.29 is 19.1 Å². The van der Waals surface area contributed by atoms with E-state index in [1.807, 2.05) is 0 Å². The molecule has 0 unspecified atom stereocenters. The molecule has 2 aromatic carbocycles. The Morgan fingerprint density at radius 1 is 0.913 bits per heavy atom. The SMILES string of the molecule is COc1ccc(NC(=O)C(=O)Nc2ccccc2Cl)cc1OC. The Morgan fingerprint density at radius 3 is 2.22 bits per heavy atom. The van der Waals surface area contributed by atoms with E-state index in [1.54, 1.807) is 42.5 Å². The van der Waals surface area contributed by atoms with Crippen LogP contribution in [0.1, 0.15) is 0 Å². The zero-order valence-electron chi connectivity index (χ0n) is 12.6. The molecule has 0 radical (unpaired) electrons. The van der Waals surface area contributed by atoms with Crippen molar-refractivity contribution in [1.29, 1.82) is 0 Å². The Labute approximate surface area is 138 Å². The van der Waals surface area contributed by atoms with Crippen LogP contribution in [0, 0.1) is 0 Å². The number of hydrogen-bond acceptors (Lipinski definition) is 4. The van der Waals surface area contributed by atoms with Crippen LogP contribution < -0.4 is 20.1 Å². The third-order valence-corrected chi connectivity index (χ3v) is 3.30. The van der Waals surface area contributed by atoms with Crippen LogP contribution in [0.15, 0.2) is 42.5 Å². The number of carbonyl (C=O) groups excluding carboxylic acids is 2. The van der Waals surface area contributed by atoms with Crippen LogP contribution in [-0.2, 0) is 9.59 Å². The van der Waals surface area contributed by atoms with Gasteiger partial charge in [-0.25, -0.2) is 0 Å². The van der Waals surface area contributed by atoms with Crippen LogP contribution in [0.5, 0.6) is 11.5 Å². The molecule has 2 N–H and O–H groups in total. The maximum absolute atomic E-state index is 11.9. The predicted molar refractivity (Wildman–Crippen MR) is 88.3 cm³/mol. The summed E-state index contributed by atoms with van der Waals surface area (Å²) in [4.78, 5) is 23.9. The molecule has 0 bridgehead atoms. The molecule has 6 nitrogen and oxygen atoms in total. The largest absolute Gasteiger partial charge is 0.493 e. The van der Waals surface area contributed by atoms with Crippen molar-refractivity contribution in [3.63, 3.8) is 0 Å². The highest BCUT2D eigenvalue weighted by Crippen LogP contribution is 2.29. The van der Waals surface area contributed by atoms with Crippen LogP contribution in [0.2, 0.25) is 5.02 Å². The molecule has 0 fully saturated rings. The molecule has 0 saturated carbocycles. The van der Waals surface area contributed by atoms with Gasteiger partial charge in [-0.1, -0.05) is 23.7 Å². The van der Waals surface area contributed by atoms with E-state index < -0.39 is 11.8 Å². The second-order valence-electron chi connectivity index (χ2n) is 4.46. The minimum atomic E-state index is -0.826. The molecule has 2 amide bonds. The summed E-state index contributed by atoms with van der Waals surface area (Å²) in [5, 5.41) is 5.27. The van der Waals surface area contributed by atoms with Gasteiger partial charge >= 0.3 is 11.8 Å². The van der Waals surface area contributed by atoms with Crippen LogP contribution in [0.4, 0.5) is 11.4 Å². The summed E-state index contributed by atoms with van der Waals surface area (Å²) in [6.45, 7) is 0. The van der Waals surface area contributed by atoms with Crippen molar-refractivity contribution in [3.05, 3.63) is 47.5 Å². The Kier molecular flexibility index (Phi) is 5.43. The van der Waals surface area contributed by atoms with Gasteiger partial charge in [0.25, 0.3) is 0 Å². The van der Waals surface area contributed by atoms with Gasteiger partial charge < -0.3 is 20.1 Å². The molecule has 0 aromatic heterocycles. The van der Waals surface area contributed by atoms with Gasteiger partial charge in [-0.2, -0.15) is 0 Å². The minimum absolute atomic E-state index is 0.347. The van der Waals surface area contributed by atoms with E-state index in [-0.39, 0.29) is 0 Å². The molecular weight excluding hydrogens is 320 g/mol. The summed E-state index contributed by atoms with van der Waals surface area (Å²) in [6.07, 6.45) is 0. The average molecular weight is 335 g/mol. The average Bonchev–Trinajstić information content (AvgIpc) is 2.56. The molecule has 2 rings (SSSR count). The first-order chi connectivity index (χ1) is 11.0. The van der Waals surface area contributed by atoms with Crippen molar-refractivity contribution in [1.82, 2.24) is 0 Å². The third kappa shape index (κ3) is 4.14. The fourth-order valence-corrected chi connectivity index (χ4v) is 2.03. The number of halogens is 1. The van der Waals surface area contributed by atoms with Crippen LogP contribution >= 0.6 is 11.6 Å². The Balaban J connectivity index is 2.07. The quantitative estimate of drug-likeness (QED) is 0.843. The highest BCUT2D eigenvalue weighted by molar-refractivity contribution is 6.44. The number of nitrogens with one attached hydrogen (secondary N) is 2. The van der Waals surface area contributed by atoms with Gasteiger partial charge in [0.05, 0.1) is 24.9 Å². The molecule has 0 spiro atoms. The van der Waals surface area contributed by atoms with Crippen molar-refractivity contribution in [2.75, 3.05) is 24.9 Å². The van der Waals surface area contributed by atoms with Crippen molar-refractivity contribution in [3.8, 4) is 11.5 Å². The number of rotatable bonds is 4. The molecule has 23 heavy (non-hydrogen) atoms. The standard InChI is InChI=1S/C16H15ClN2O4/c1-22-13-8-7-10(9-14(13)23-2)18-15(20)16(21)19-12-6-4-3-5-11(12)17/h3-9H,1-2H3,(H,18,20)(H,19,21). The molecule has 0 aliphatic heterocycles. The summed E-state index contributed by atoms with van der Waals surface area (Å²) in [6, 6.07) is 11.4. The van der Waals surface area contributed by atoms with Gasteiger partial charge in [0, 0.05) is 11.8 Å². The van der Waals surface area contributed by atoms with Gasteiger partial charge in [0.15, 0.2) is 11.5 Å². The zero-order valence-corrected chi connectivity index (χ0v) is 13.3. The Bertz CT molecular complexity index is 734. The monoisotopic (exact) mass is 334 g/mol. The number of carbonyl (C=O) groups is 2. The zero-order chi connectivity index (χ0) is 16.8. The fourth-order valence-electron chi connectivity index (χ4n) is 1.84. The van der Waals surface area contributed by atoms with Gasteiger partial charge in [-0.3, -0.25) is 9.59 Å². The smallest absolute Gasteiger partial charge is 0.314 e. The number of anilines is 2. The van der Waals surface area contributed by atoms with Gasteiger partial charge in [-0.05, 0) is 24.3 Å². The van der Waals surface area contributed by atoms with E-state index in [0.717, 1.165) is 0 Å². The maximum Gasteiger partial charge on any atom is 0.314 e. The predicted octanol–water partition coefficient (Wildman–Crippen LogP) is 2.93. The Morgan fingerprint density at radius 2 is 1.57 bits per heavy atom. The Hall–Kier alpha value is -2.73. The number of amides is 2. The molecule has 0 atom stereocenters. The van der Waals surface area contributed by atoms with E-state index in [2.05, 4.69) is 10.6 Å². The lowest BCUT2D eigenvalue weighted by molar-refractivity contribution is -0.132. The molecule has 0 heterocycles. The summed E-state index contributed by atoms with van der Waals surface area (Å²) in [7, 11) is 2.99. The summed E-state index contributed by atoms with van der Waals surface area (Å²) in [5.74, 6) is -0.687. The van der Waals surface area contributed by atoms with E-state index in [4.69, 9.17) is 21.1 Å². The van der Waals surface area contributed by atoms with E-state index in [0.29, 0.717) is 27.9 Å². The first-order valence-corrected chi connectivity index (χ1v) is 7.02. The number of para-hydroxylation sites is 1. The highest BCUT2D eigenvalue weighted by atomic mass is 35.5. The molecule has 0 aliphatic carbocycles. The first-order valence-electron chi connectivity index (χ1n) is 6.64. The third-order valence-electron chi connectivity index (χ3n) is 2.97. The van der Waals surface area contributed by atoms with Crippen LogP contribution in [-0.4, -0.2) is 26.0 Å². The minimum Gasteiger partial charge on any atom is -0.493 e. The van der Waals surface area contributed by atoms with E-state index >= 15 is 0 Å². The van der Waals surface area contributed by atoms with Crippen molar-refractivity contribution >= 4 is 34.8 Å². The molecular formula is C16H15ClN2O4. The van der Waals surface area contributed by atoms with E-state index in [9.17, 15) is 9.59 Å². The topological polar surface area (TPSA) is 76.7 Å². The lowest BCUT2D eigenvalue weighted by atomic mass is 10.2. The second kappa shape index (κ2) is 7.51. The summed E-state index contributed by atoms with van der Waals surface area (Å²) in [5.41, 5.74) is 0.767. The van der Waals surface area contributed by atoms with Crippen LogP contribution in [0.3, 0.4) is 0 Å². The van der Waals surface area contributed by atoms with E-state index in [1.165, 1.54) is 14.2 Å². The van der Waals surface area contributed by atoms with Gasteiger partial charge in [-0.15, -0.1) is 0 Å². The number of benzene rings is 2. The molecule has 7 heteroatoms. The van der Waals surface area contributed by atoms with Crippen molar-refractivity contribution in [2.24, 2.45) is 0 Å². The maximum atomic E-state index is 11.9. The van der Waals surface area contributed by atoms with Crippen molar-refractivity contribution in [2.45, 2.75) is 0 Å². The molecule has 0 saturated heterocycles. The molecule has 0 aliphatic rings. The summed E-state index contributed by atoms with van der Waals surface area (Å²) >= 11 is 5.93. The lowest BCUT2D eigenvalue weighted by Crippen LogP contribution is -2.29. The fraction of sp³-hybridized carbons (Fsp3) is 0.125. The number of hydrogen-bond donors (Lipinski definition) is 2. The van der Waals surface area contributed by atoms with Gasteiger partial charge in [0.1, 0.15) is 0 Å². The molecule has 120 valence electrons. The first kappa shape index (κ1) is 16.6. The molecule has 2 aromatic rings. The number of ether oxygens (including phenoxy) is 2. The van der Waals surface area contributed by atoms with Gasteiger partial charge in [0.2, 0.25) is 0 Å².